The molecule has 0 aliphatic heterocycles. The molecule has 0 bridgehead atoms. The zero-order chi connectivity index (χ0) is 19.4. The first-order valence-corrected chi connectivity index (χ1v) is 8.08. The van der Waals surface area contributed by atoms with Gasteiger partial charge in [0.2, 0.25) is 12.3 Å². The first-order valence-electron chi connectivity index (χ1n) is 8.08. The van der Waals surface area contributed by atoms with Gasteiger partial charge in [0.25, 0.3) is 5.91 Å². The Labute approximate surface area is 154 Å². The van der Waals surface area contributed by atoms with Gasteiger partial charge in [-0.05, 0) is 55.8 Å². The van der Waals surface area contributed by atoms with E-state index in [1.807, 2.05) is 0 Å². The summed E-state index contributed by atoms with van der Waals surface area (Å²) in [5.74, 6) is -1.33. The molecule has 138 valence electrons. The van der Waals surface area contributed by atoms with Crippen LogP contribution in [0.4, 0.5) is 10.1 Å². The lowest BCUT2D eigenvalue weighted by molar-refractivity contribution is -0.123. The van der Waals surface area contributed by atoms with Gasteiger partial charge in [-0.15, -0.1) is 10.2 Å². The molecule has 0 saturated carbocycles. The van der Waals surface area contributed by atoms with Gasteiger partial charge in [0, 0.05) is 11.3 Å². The quantitative estimate of drug-likeness (QED) is 0.693. The fraction of sp³-hybridized carbons (Fsp3) is 0.158. The molecule has 1 amide bonds. The highest BCUT2D eigenvalue weighted by Crippen LogP contribution is 2.18. The Bertz CT molecular complexity index is 956. The smallest absolute Gasteiger partial charge is 0.338 e. The lowest BCUT2D eigenvalue weighted by Crippen LogP contribution is -2.30. The zero-order valence-corrected chi connectivity index (χ0v) is 14.6. The summed E-state index contributed by atoms with van der Waals surface area (Å²) in [4.78, 5) is 24.3. The van der Waals surface area contributed by atoms with Crippen molar-refractivity contribution >= 4 is 17.6 Å². The van der Waals surface area contributed by atoms with Gasteiger partial charge >= 0.3 is 5.97 Å². The second-order valence-electron chi connectivity index (χ2n) is 5.82. The Morgan fingerprint density at radius 1 is 1.19 bits per heavy atom. The van der Waals surface area contributed by atoms with Crippen LogP contribution in [0.15, 0.2) is 53.3 Å². The minimum absolute atomic E-state index is 0.263. The fourth-order valence-corrected chi connectivity index (χ4v) is 2.24. The predicted octanol–water partition coefficient (Wildman–Crippen LogP) is 3.37. The number of hydrogen-bond acceptors (Lipinski definition) is 6. The first-order chi connectivity index (χ1) is 12.9. The Morgan fingerprint density at radius 3 is 2.56 bits per heavy atom. The van der Waals surface area contributed by atoms with Crippen LogP contribution in [0, 0.1) is 12.7 Å². The minimum atomic E-state index is -1.06. The molecule has 8 heteroatoms. The summed E-state index contributed by atoms with van der Waals surface area (Å²) >= 11 is 0. The van der Waals surface area contributed by atoms with Crippen molar-refractivity contribution in [1.82, 2.24) is 10.2 Å². The van der Waals surface area contributed by atoms with E-state index in [2.05, 4.69) is 15.5 Å². The summed E-state index contributed by atoms with van der Waals surface area (Å²) in [6.45, 7) is 3.06. The molecule has 0 saturated heterocycles. The van der Waals surface area contributed by atoms with Crippen LogP contribution in [0.3, 0.4) is 0 Å². The second kappa shape index (κ2) is 7.77. The Kier molecular flexibility index (Phi) is 5.25. The zero-order valence-electron chi connectivity index (χ0n) is 14.6. The van der Waals surface area contributed by atoms with Gasteiger partial charge < -0.3 is 14.5 Å². The maximum absolute atomic E-state index is 13.5. The number of anilines is 1. The number of hydrogen-bond donors (Lipinski definition) is 1. The maximum atomic E-state index is 13.5. The first kappa shape index (κ1) is 18.2. The molecule has 27 heavy (non-hydrogen) atoms. The molecule has 3 rings (SSSR count). The molecule has 1 heterocycles. The number of rotatable bonds is 5. The molecule has 3 aromatic rings. The SMILES string of the molecule is Cc1ccc(NC(=O)[C@H](C)OC(=O)c2ccc(-c3nnco3)cc2)cc1F. The van der Waals surface area contributed by atoms with Crippen LogP contribution in [0.1, 0.15) is 22.8 Å². The molecule has 0 spiro atoms. The number of aromatic nitrogens is 2. The average molecular weight is 369 g/mol. The summed E-state index contributed by atoms with van der Waals surface area (Å²) in [6.07, 6.45) is 0.148. The molecular formula is C19H16FN3O4. The lowest BCUT2D eigenvalue weighted by atomic mass is 10.1. The van der Waals surface area contributed by atoms with Crippen molar-refractivity contribution < 1.29 is 23.1 Å². The summed E-state index contributed by atoms with van der Waals surface area (Å²) in [7, 11) is 0. The van der Waals surface area contributed by atoms with Crippen LogP contribution in [-0.4, -0.2) is 28.2 Å². The summed E-state index contributed by atoms with van der Waals surface area (Å²) < 4.78 is 23.8. The number of nitrogens with zero attached hydrogens (tertiary/aromatic N) is 2. The Hall–Kier alpha value is -3.55. The number of carbonyl (C=O) groups excluding carboxylic acids is 2. The number of carbonyl (C=O) groups is 2. The van der Waals surface area contributed by atoms with Crippen LogP contribution in [0.2, 0.25) is 0 Å². The molecule has 1 aromatic heterocycles. The van der Waals surface area contributed by atoms with Gasteiger partial charge in [-0.25, -0.2) is 9.18 Å². The molecule has 0 unspecified atom stereocenters. The predicted molar refractivity (Wildman–Crippen MR) is 94.4 cm³/mol. The fourth-order valence-electron chi connectivity index (χ4n) is 2.24. The van der Waals surface area contributed by atoms with Gasteiger partial charge in [-0.3, -0.25) is 4.79 Å². The summed E-state index contributed by atoms with van der Waals surface area (Å²) in [5, 5.41) is 9.87. The average Bonchev–Trinajstić information content (AvgIpc) is 3.19. The highest BCUT2D eigenvalue weighted by atomic mass is 19.1. The number of nitrogens with one attached hydrogen (secondary N) is 1. The number of benzene rings is 2. The van der Waals surface area contributed by atoms with Crippen molar-refractivity contribution in [3.63, 3.8) is 0 Å². The highest BCUT2D eigenvalue weighted by molar-refractivity contribution is 5.97. The number of amides is 1. The molecule has 0 aliphatic carbocycles. The van der Waals surface area contributed by atoms with Crippen molar-refractivity contribution in [2.24, 2.45) is 0 Å². The molecule has 2 aromatic carbocycles. The van der Waals surface area contributed by atoms with Crippen LogP contribution < -0.4 is 5.32 Å². The standard InChI is InChI=1S/C19H16FN3O4/c1-11-3-8-15(9-16(11)20)22-17(24)12(2)27-19(25)14-6-4-13(5-7-14)18-23-21-10-26-18/h3-10,12H,1-2H3,(H,22,24)/t12-/m0/s1. The van der Waals surface area contributed by atoms with Crippen LogP contribution in [0.25, 0.3) is 11.5 Å². The van der Waals surface area contributed by atoms with E-state index in [4.69, 9.17) is 9.15 Å². The monoisotopic (exact) mass is 369 g/mol. The Balaban J connectivity index is 1.61. The van der Waals surface area contributed by atoms with Gasteiger partial charge in [0.15, 0.2) is 6.10 Å². The molecular weight excluding hydrogens is 353 g/mol. The van der Waals surface area contributed by atoms with Gasteiger partial charge in [0.1, 0.15) is 5.82 Å². The van der Waals surface area contributed by atoms with E-state index < -0.39 is 23.8 Å². The number of halogens is 1. The van der Waals surface area contributed by atoms with Crippen LogP contribution >= 0.6 is 0 Å². The van der Waals surface area contributed by atoms with Crippen LogP contribution in [0.5, 0.6) is 0 Å². The van der Waals surface area contributed by atoms with E-state index >= 15 is 0 Å². The van der Waals surface area contributed by atoms with Gasteiger partial charge in [-0.2, -0.15) is 0 Å². The normalized spacial score (nSPS) is 11.7. The molecule has 7 nitrogen and oxygen atoms in total. The van der Waals surface area contributed by atoms with E-state index in [0.29, 0.717) is 17.0 Å². The van der Waals surface area contributed by atoms with Crippen molar-refractivity contribution in [3.05, 3.63) is 65.8 Å². The third kappa shape index (κ3) is 4.35. The van der Waals surface area contributed by atoms with Crippen molar-refractivity contribution in [2.45, 2.75) is 20.0 Å². The highest BCUT2D eigenvalue weighted by Gasteiger charge is 2.19. The maximum Gasteiger partial charge on any atom is 0.338 e. The van der Waals surface area contributed by atoms with Crippen molar-refractivity contribution in [1.29, 1.82) is 0 Å². The molecule has 1 N–H and O–H groups in total. The van der Waals surface area contributed by atoms with Gasteiger partial charge in [0.05, 0.1) is 5.56 Å². The second-order valence-corrected chi connectivity index (χ2v) is 5.82. The Morgan fingerprint density at radius 2 is 1.93 bits per heavy atom. The van der Waals surface area contributed by atoms with E-state index in [1.165, 1.54) is 31.5 Å². The number of esters is 1. The third-order valence-corrected chi connectivity index (χ3v) is 3.82. The van der Waals surface area contributed by atoms with Crippen molar-refractivity contribution in [3.8, 4) is 11.5 Å². The minimum Gasteiger partial charge on any atom is -0.449 e. The van der Waals surface area contributed by atoms with E-state index in [9.17, 15) is 14.0 Å². The van der Waals surface area contributed by atoms with Gasteiger partial charge in [-0.1, -0.05) is 6.07 Å². The number of aryl methyl sites for hydroxylation is 1. The topological polar surface area (TPSA) is 94.3 Å². The molecule has 1 atom stereocenters. The van der Waals surface area contributed by atoms with E-state index in [1.54, 1.807) is 31.2 Å². The third-order valence-electron chi connectivity index (χ3n) is 3.82. The molecule has 0 radical (unpaired) electrons. The summed E-state index contributed by atoms with van der Waals surface area (Å²) in [6, 6.07) is 10.6. The van der Waals surface area contributed by atoms with E-state index in [0.717, 1.165) is 0 Å². The number of ether oxygens (including phenoxy) is 1. The largest absolute Gasteiger partial charge is 0.449 e. The van der Waals surface area contributed by atoms with E-state index in [-0.39, 0.29) is 11.3 Å². The summed E-state index contributed by atoms with van der Waals surface area (Å²) in [5.41, 5.74) is 1.67. The molecule has 0 aliphatic rings. The van der Waals surface area contributed by atoms with Crippen LogP contribution in [-0.2, 0) is 9.53 Å². The van der Waals surface area contributed by atoms with Crippen molar-refractivity contribution in [2.75, 3.05) is 5.32 Å². The lowest BCUT2D eigenvalue weighted by Gasteiger charge is -2.14. The molecule has 0 fully saturated rings.